The number of halogens is 1. The number of anilines is 1. The van der Waals surface area contributed by atoms with E-state index >= 15 is 0 Å². The SMILES string of the molecule is CN=C(NC1CCN(c2cccc(F)c2)CC1)NC1C2CCOC2C12CCC2. The first-order chi connectivity index (χ1) is 13.7. The molecule has 5 nitrogen and oxygen atoms in total. The van der Waals surface area contributed by atoms with Gasteiger partial charge in [0.1, 0.15) is 5.82 Å². The van der Waals surface area contributed by atoms with E-state index in [0.717, 1.165) is 44.2 Å². The van der Waals surface area contributed by atoms with Gasteiger partial charge in [-0.25, -0.2) is 4.39 Å². The van der Waals surface area contributed by atoms with Crippen LogP contribution in [0.3, 0.4) is 0 Å². The minimum atomic E-state index is -0.165. The molecule has 1 aromatic rings. The summed E-state index contributed by atoms with van der Waals surface area (Å²) in [5, 5.41) is 7.41. The van der Waals surface area contributed by atoms with Crippen molar-refractivity contribution in [1.29, 1.82) is 0 Å². The number of nitrogens with zero attached hydrogens (tertiary/aromatic N) is 2. The summed E-state index contributed by atoms with van der Waals surface area (Å²) in [5.41, 5.74) is 1.34. The summed E-state index contributed by atoms with van der Waals surface area (Å²) in [6, 6.07) is 7.82. The highest BCUT2D eigenvalue weighted by molar-refractivity contribution is 5.80. The zero-order valence-corrected chi connectivity index (χ0v) is 16.7. The summed E-state index contributed by atoms with van der Waals surface area (Å²) in [5.74, 6) is 1.42. The summed E-state index contributed by atoms with van der Waals surface area (Å²) >= 11 is 0. The first kappa shape index (κ1) is 18.2. The van der Waals surface area contributed by atoms with Crippen molar-refractivity contribution >= 4 is 11.6 Å². The van der Waals surface area contributed by atoms with Crippen LogP contribution in [0.1, 0.15) is 38.5 Å². The van der Waals surface area contributed by atoms with Crippen LogP contribution >= 0.6 is 0 Å². The minimum absolute atomic E-state index is 0.165. The van der Waals surface area contributed by atoms with Gasteiger partial charge < -0.3 is 20.3 Å². The van der Waals surface area contributed by atoms with Gasteiger partial charge in [0.2, 0.25) is 0 Å². The van der Waals surface area contributed by atoms with E-state index in [1.165, 1.54) is 31.7 Å². The number of fused-ring (bicyclic) bond motifs is 2. The zero-order valence-electron chi connectivity index (χ0n) is 16.7. The highest BCUT2D eigenvalue weighted by Crippen LogP contribution is 2.62. The van der Waals surface area contributed by atoms with Crippen molar-refractivity contribution in [2.45, 2.75) is 56.7 Å². The third-order valence-electron chi connectivity index (χ3n) is 7.56. The third-order valence-corrected chi connectivity index (χ3v) is 7.56. The van der Waals surface area contributed by atoms with Crippen LogP contribution in [0.2, 0.25) is 0 Å². The minimum Gasteiger partial charge on any atom is -0.377 e. The van der Waals surface area contributed by atoms with E-state index in [1.807, 2.05) is 13.1 Å². The van der Waals surface area contributed by atoms with Crippen LogP contribution in [0.15, 0.2) is 29.3 Å². The van der Waals surface area contributed by atoms with Gasteiger partial charge in [-0.2, -0.15) is 0 Å². The van der Waals surface area contributed by atoms with Crippen LogP contribution in [0.5, 0.6) is 0 Å². The molecule has 3 unspecified atom stereocenters. The van der Waals surface area contributed by atoms with Gasteiger partial charge in [-0.1, -0.05) is 12.5 Å². The fraction of sp³-hybridized carbons (Fsp3) is 0.682. The van der Waals surface area contributed by atoms with Crippen LogP contribution < -0.4 is 15.5 Å². The molecule has 1 aromatic carbocycles. The second-order valence-electron chi connectivity index (χ2n) is 8.91. The molecule has 2 N–H and O–H groups in total. The van der Waals surface area contributed by atoms with Crippen LogP contribution in [-0.2, 0) is 4.74 Å². The summed E-state index contributed by atoms with van der Waals surface area (Å²) in [4.78, 5) is 6.79. The normalized spacial score (nSPS) is 31.9. The fourth-order valence-corrected chi connectivity index (χ4v) is 5.92. The molecule has 4 fully saturated rings. The van der Waals surface area contributed by atoms with Crippen LogP contribution in [0, 0.1) is 17.2 Å². The number of ether oxygens (including phenoxy) is 1. The van der Waals surface area contributed by atoms with Gasteiger partial charge in [0.05, 0.1) is 6.10 Å². The van der Waals surface area contributed by atoms with Crippen molar-refractivity contribution in [3.63, 3.8) is 0 Å². The van der Waals surface area contributed by atoms with Crippen molar-refractivity contribution in [3.8, 4) is 0 Å². The first-order valence-corrected chi connectivity index (χ1v) is 10.8. The number of hydrogen-bond donors (Lipinski definition) is 2. The number of piperidine rings is 1. The number of rotatable bonds is 3. The van der Waals surface area contributed by atoms with E-state index in [1.54, 1.807) is 12.1 Å². The van der Waals surface area contributed by atoms with Crippen molar-refractivity contribution in [3.05, 3.63) is 30.1 Å². The molecule has 5 rings (SSSR count). The maximum atomic E-state index is 13.5. The van der Waals surface area contributed by atoms with E-state index < -0.39 is 0 Å². The maximum Gasteiger partial charge on any atom is 0.191 e. The Bertz CT molecular complexity index is 742. The molecule has 4 aliphatic rings. The summed E-state index contributed by atoms with van der Waals surface area (Å²) in [7, 11) is 1.87. The van der Waals surface area contributed by atoms with Gasteiger partial charge in [-0.05, 0) is 50.3 Å². The van der Waals surface area contributed by atoms with Crippen molar-refractivity contribution in [2.24, 2.45) is 16.3 Å². The molecule has 2 aliphatic carbocycles. The lowest BCUT2D eigenvalue weighted by atomic mass is 9.46. The average Bonchev–Trinajstić information content (AvgIpc) is 3.09. The van der Waals surface area contributed by atoms with Gasteiger partial charge in [0, 0.05) is 55.8 Å². The largest absolute Gasteiger partial charge is 0.377 e. The Balaban J connectivity index is 1.16. The second-order valence-corrected chi connectivity index (χ2v) is 8.91. The van der Waals surface area contributed by atoms with Gasteiger partial charge in [-0.15, -0.1) is 0 Å². The molecule has 2 aliphatic heterocycles. The van der Waals surface area contributed by atoms with E-state index in [4.69, 9.17) is 4.74 Å². The molecule has 152 valence electrons. The standard InChI is InChI=1S/C22H31FN4O/c1-24-21(26-19-18-8-13-28-20(18)22(19)9-3-10-22)25-16-6-11-27(12-7-16)17-5-2-4-15(23)14-17/h2,4-5,14,16,18-20H,3,6-13H2,1H3,(H2,24,25,26). The Hall–Kier alpha value is -1.82. The molecule has 0 bridgehead atoms. The Labute approximate surface area is 166 Å². The lowest BCUT2D eigenvalue weighted by molar-refractivity contribution is -0.171. The summed E-state index contributed by atoms with van der Waals surface area (Å²) in [6.07, 6.45) is 7.61. The number of benzene rings is 1. The van der Waals surface area contributed by atoms with Crippen molar-refractivity contribution in [2.75, 3.05) is 31.6 Å². The molecule has 2 saturated carbocycles. The van der Waals surface area contributed by atoms with Gasteiger partial charge >= 0.3 is 0 Å². The van der Waals surface area contributed by atoms with E-state index in [2.05, 4.69) is 20.5 Å². The molecule has 0 aromatic heterocycles. The quantitative estimate of drug-likeness (QED) is 0.620. The molecule has 3 atom stereocenters. The topological polar surface area (TPSA) is 48.9 Å². The maximum absolute atomic E-state index is 13.5. The summed E-state index contributed by atoms with van der Waals surface area (Å²) in [6.45, 7) is 2.79. The molecule has 6 heteroatoms. The number of guanidine groups is 1. The molecule has 0 amide bonds. The molecule has 2 heterocycles. The highest BCUT2D eigenvalue weighted by atomic mass is 19.1. The first-order valence-electron chi connectivity index (χ1n) is 10.8. The second kappa shape index (κ2) is 7.21. The Morgan fingerprint density at radius 2 is 2.04 bits per heavy atom. The number of hydrogen-bond acceptors (Lipinski definition) is 3. The molecule has 0 radical (unpaired) electrons. The van der Waals surface area contributed by atoms with Crippen molar-refractivity contribution < 1.29 is 9.13 Å². The predicted octanol–water partition coefficient (Wildman–Crippen LogP) is 2.92. The van der Waals surface area contributed by atoms with E-state index in [9.17, 15) is 4.39 Å². The van der Waals surface area contributed by atoms with E-state index in [0.29, 0.717) is 29.5 Å². The van der Waals surface area contributed by atoms with Gasteiger partial charge in [0.15, 0.2) is 5.96 Å². The third kappa shape index (κ3) is 2.97. The van der Waals surface area contributed by atoms with Crippen LogP contribution in [0.4, 0.5) is 10.1 Å². The lowest BCUT2D eigenvalue weighted by Gasteiger charge is -2.63. The van der Waals surface area contributed by atoms with Gasteiger partial charge in [-0.3, -0.25) is 4.99 Å². The Morgan fingerprint density at radius 3 is 2.71 bits per heavy atom. The van der Waals surface area contributed by atoms with Crippen molar-refractivity contribution in [1.82, 2.24) is 10.6 Å². The molecule has 28 heavy (non-hydrogen) atoms. The zero-order chi connectivity index (χ0) is 19.1. The smallest absolute Gasteiger partial charge is 0.191 e. The van der Waals surface area contributed by atoms with Gasteiger partial charge in [0.25, 0.3) is 0 Å². The molecular weight excluding hydrogens is 355 g/mol. The number of nitrogens with one attached hydrogen (secondary N) is 2. The molecule has 2 saturated heterocycles. The predicted molar refractivity (Wildman–Crippen MR) is 109 cm³/mol. The highest BCUT2D eigenvalue weighted by Gasteiger charge is 2.66. The summed E-state index contributed by atoms with van der Waals surface area (Å²) < 4.78 is 19.5. The van der Waals surface area contributed by atoms with Crippen LogP contribution in [-0.4, -0.2) is 50.9 Å². The Morgan fingerprint density at radius 1 is 1.21 bits per heavy atom. The Kier molecular flexibility index (Phi) is 4.69. The lowest BCUT2D eigenvalue weighted by Crippen LogP contribution is -2.72. The average molecular weight is 387 g/mol. The van der Waals surface area contributed by atoms with Crippen LogP contribution in [0.25, 0.3) is 0 Å². The monoisotopic (exact) mass is 386 g/mol. The molecule has 1 spiro atoms. The fourth-order valence-electron chi connectivity index (χ4n) is 5.92. The number of aliphatic imine (C=N–C) groups is 1. The van der Waals surface area contributed by atoms with E-state index in [-0.39, 0.29) is 5.82 Å². The molecular formula is C22H31FN4O.